The predicted molar refractivity (Wildman–Crippen MR) is 38.4 cm³/mol. The highest BCUT2D eigenvalue weighted by atomic mass is 16.2. The first-order valence-electron chi connectivity index (χ1n) is 3.74. The van der Waals surface area contributed by atoms with Gasteiger partial charge in [-0.3, -0.25) is 4.79 Å². The lowest BCUT2D eigenvalue weighted by molar-refractivity contribution is -0.132. The van der Waals surface area contributed by atoms with Crippen molar-refractivity contribution in [2.24, 2.45) is 5.92 Å². The van der Waals surface area contributed by atoms with Gasteiger partial charge < -0.3 is 4.90 Å². The SMILES string of the molecule is C=C1CN(CC2CC2)C1=O. The van der Waals surface area contributed by atoms with E-state index in [0.29, 0.717) is 0 Å². The molecule has 0 unspecified atom stereocenters. The zero-order valence-corrected chi connectivity index (χ0v) is 5.97. The van der Waals surface area contributed by atoms with Gasteiger partial charge in [0.05, 0.1) is 6.54 Å². The molecule has 1 heterocycles. The highest BCUT2D eigenvalue weighted by molar-refractivity contribution is 5.99. The maximum atomic E-state index is 11.0. The molecule has 0 aromatic heterocycles. The molecule has 0 radical (unpaired) electrons. The third-order valence-electron chi connectivity index (χ3n) is 2.15. The lowest BCUT2D eigenvalue weighted by Gasteiger charge is -2.32. The normalized spacial score (nSPS) is 25.0. The number of nitrogens with zero attached hydrogens (tertiary/aromatic N) is 1. The van der Waals surface area contributed by atoms with Gasteiger partial charge >= 0.3 is 0 Å². The van der Waals surface area contributed by atoms with Crippen LogP contribution in [0.5, 0.6) is 0 Å². The summed E-state index contributed by atoms with van der Waals surface area (Å²) in [6, 6.07) is 0. The molecule has 1 saturated heterocycles. The molecule has 0 atom stereocenters. The Morgan fingerprint density at radius 1 is 1.60 bits per heavy atom. The smallest absolute Gasteiger partial charge is 0.251 e. The second-order valence-corrected chi connectivity index (χ2v) is 3.23. The zero-order valence-electron chi connectivity index (χ0n) is 5.97. The molecule has 2 fully saturated rings. The Labute approximate surface area is 60.5 Å². The Kier molecular flexibility index (Phi) is 1.10. The molecule has 1 aliphatic carbocycles. The van der Waals surface area contributed by atoms with E-state index in [1.54, 1.807) is 0 Å². The monoisotopic (exact) mass is 137 g/mol. The third kappa shape index (κ3) is 0.838. The lowest BCUT2D eigenvalue weighted by atomic mass is 10.1. The van der Waals surface area contributed by atoms with E-state index in [1.165, 1.54) is 12.8 Å². The van der Waals surface area contributed by atoms with Crippen molar-refractivity contribution < 1.29 is 4.79 Å². The number of hydrogen-bond donors (Lipinski definition) is 0. The van der Waals surface area contributed by atoms with Crippen LogP contribution in [0.1, 0.15) is 12.8 Å². The molecule has 0 aromatic rings. The third-order valence-corrected chi connectivity index (χ3v) is 2.15. The van der Waals surface area contributed by atoms with Gasteiger partial charge in [-0.1, -0.05) is 6.58 Å². The van der Waals surface area contributed by atoms with Gasteiger partial charge in [0.1, 0.15) is 0 Å². The molecular formula is C8H11NO. The Balaban J connectivity index is 1.84. The average molecular weight is 137 g/mol. The van der Waals surface area contributed by atoms with Gasteiger partial charge in [-0.2, -0.15) is 0 Å². The van der Waals surface area contributed by atoms with Gasteiger partial charge in [0, 0.05) is 12.1 Å². The molecule has 54 valence electrons. The topological polar surface area (TPSA) is 20.3 Å². The van der Waals surface area contributed by atoms with Crippen LogP contribution in [0.25, 0.3) is 0 Å². The minimum atomic E-state index is 0.173. The summed E-state index contributed by atoms with van der Waals surface area (Å²) >= 11 is 0. The van der Waals surface area contributed by atoms with Gasteiger partial charge in [0.15, 0.2) is 0 Å². The maximum absolute atomic E-state index is 11.0. The van der Waals surface area contributed by atoms with Crippen molar-refractivity contribution in [1.29, 1.82) is 0 Å². The van der Waals surface area contributed by atoms with Crippen molar-refractivity contribution in [3.05, 3.63) is 12.2 Å². The molecule has 0 bridgehead atoms. The summed E-state index contributed by atoms with van der Waals surface area (Å²) in [4.78, 5) is 12.8. The van der Waals surface area contributed by atoms with E-state index in [0.717, 1.165) is 24.6 Å². The van der Waals surface area contributed by atoms with Gasteiger partial charge in [0.25, 0.3) is 5.91 Å². The summed E-state index contributed by atoms with van der Waals surface area (Å²) < 4.78 is 0. The minimum Gasteiger partial charge on any atom is -0.334 e. The fraction of sp³-hybridized carbons (Fsp3) is 0.625. The van der Waals surface area contributed by atoms with E-state index >= 15 is 0 Å². The van der Waals surface area contributed by atoms with Crippen LogP contribution in [-0.2, 0) is 4.79 Å². The first kappa shape index (κ1) is 5.96. The van der Waals surface area contributed by atoms with Crippen LogP contribution < -0.4 is 0 Å². The Hall–Kier alpha value is -0.790. The molecule has 1 aliphatic heterocycles. The van der Waals surface area contributed by atoms with E-state index in [2.05, 4.69) is 6.58 Å². The number of β-lactam (4-membered cyclic amide) rings is 1. The standard InChI is InChI=1S/C8H11NO/c1-6-4-9(8(6)10)5-7-2-3-7/h7H,1-5H2. The summed E-state index contributed by atoms with van der Waals surface area (Å²) in [6.07, 6.45) is 2.63. The lowest BCUT2D eigenvalue weighted by Crippen LogP contribution is -2.46. The molecule has 2 aliphatic rings. The van der Waals surface area contributed by atoms with Crippen LogP contribution in [0.4, 0.5) is 0 Å². The van der Waals surface area contributed by atoms with Gasteiger partial charge in [-0.15, -0.1) is 0 Å². The van der Waals surface area contributed by atoms with Crippen LogP contribution in [0.3, 0.4) is 0 Å². The molecular weight excluding hydrogens is 126 g/mol. The minimum absolute atomic E-state index is 0.173. The molecule has 0 aromatic carbocycles. The van der Waals surface area contributed by atoms with E-state index in [-0.39, 0.29) is 5.91 Å². The van der Waals surface area contributed by atoms with Crippen molar-refractivity contribution in [2.75, 3.05) is 13.1 Å². The van der Waals surface area contributed by atoms with E-state index in [4.69, 9.17) is 0 Å². The molecule has 2 nitrogen and oxygen atoms in total. The number of carbonyl (C=O) groups is 1. The van der Waals surface area contributed by atoms with Crippen LogP contribution in [0.2, 0.25) is 0 Å². The van der Waals surface area contributed by atoms with E-state index in [1.807, 2.05) is 4.90 Å². The summed E-state index contributed by atoms with van der Waals surface area (Å²) in [5, 5.41) is 0. The number of hydrogen-bond acceptors (Lipinski definition) is 1. The molecule has 1 saturated carbocycles. The molecule has 10 heavy (non-hydrogen) atoms. The summed E-state index contributed by atoms with van der Waals surface area (Å²) in [7, 11) is 0. The van der Waals surface area contributed by atoms with Crippen molar-refractivity contribution in [3.8, 4) is 0 Å². The van der Waals surface area contributed by atoms with Crippen LogP contribution >= 0.6 is 0 Å². The fourth-order valence-corrected chi connectivity index (χ4v) is 1.26. The predicted octanol–water partition coefficient (Wildman–Crippen LogP) is 0.795. The van der Waals surface area contributed by atoms with Crippen LogP contribution in [0, 0.1) is 5.92 Å². The number of amides is 1. The molecule has 2 heteroatoms. The van der Waals surface area contributed by atoms with Crippen molar-refractivity contribution in [2.45, 2.75) is 12.8 Å². The van der Waals surface area contributed by atoms with Gasteiger partial charge in [0.2, 0.25) is 0 Å². The van der Waals surface area contributed by atoms with E-state index in [9.17, 15) is 4.79 Å². The Bertz CT molecular complexity index is 193. The largest absolute Gasteiger partial charge is 0.334 e. The second-order valence-electron chi connectivity index (χ2n) is 3.23. The second kappa shape index (κ2) is 1.84. The van der Waals surface area contributed by atoms with Crippen molar-refractivity contribution >= 4 is 5.91 Å². The number of rotatable bonds is 2. The van der Waals surface area contributed by atoms with Crippen molar-refractivity contribution in [1.82, 2.24) is 4.90 Å². The average Bonchev–Trinajstić information content (AvgIpc) is 2.70. The summed E-state index contributed by atoms with van der Waals surface area (Å²) in [5.74, 6) is 0.990. The highest BCUT2D eigenvalue weighted by Crippen LogP contribution is 2.31. The summed E-state index contributed by atoms with van der Waals surface area (Å²) in [6.45, 7) is 5.43. The van der Waals surface area contributed by atoms with Crippen LogP contribution in [0.15, 0.2) is 12.2 Å². The Morgan fingerprint density at radius 3 is 2.70 bits per heavy atom. The zero-order chi connectivity index (χ0) is 7.14. The first-order valence-corrected chi connectivity index (χ1v) is 3.74. The van der Waals surface area contributed by atoms with Crippen molar-refractivity contribution in [3.63, 3.8) is 0 Å². The quantitative estimate of drug-likeness (QED) is 0.407. The highest BCUT2D eigenvalue weighted by Gasteiger charge is 2.33. The van der Waals surface area contributed by atoms with Gasteiger partial charge in [-0.05, 0) is 18.8 Å². The molecule has 2 rings (SSSR count). The Morgan fingerprint density at radius 2 is 2.30 bits per heavy atom. The molecule has 1 amide bonds. The van der Waals surface area contributed by atoms with E-state index < -0.39 is 0 Å². The number of carbonyl (C=O) groups excluding carboxylic acids is 1. The van der Waals surface area contributed by atoms with Gasteiger partial charge in [-0.25, -0.2) is 0 Å². The summed E-state index contributed by atoms with van der Waals surface area (Å²) in [5.41, 5.74) is 0.778. The van der Waals surface area contributed by atoms with Crippen LogP contribution in [-0.4, -0.2) is 23.9 Å². The molecule has 0 N–H and O–H groups in total. The fourth-order valence-electron chi connectivity index (χ4n) is 1.26. The molecule has 0 spiro atoms. The maximum Gasteiger partial charge on any atom is 0.251 e. The number of likely N-dealkylation sites (tertiary alicyclic amines) is 1. The first-order chi connectivity index (χ1) is 4.77.